The molecular weight excluding hydrogens is 448 g/mol. The van der Waals surface area contributed by atoms with Crippen molar-refractivity contribution in [2.24, 2.45) is 0 Å². The third-order valence-corrected chi connectivity index (χ3v) is 6.64. The molecule has 0 radical (unpaired) electrons. The van der Waals surface area contributed by atoms with Gasteiger partial charge in [0.1, 0.15) is 6.10 Å². The van der Waals surface area contributed by atoms with Gasteiger partial charge in [0.25, 0.3) is 0 Å². The molecule has 0 aliphatic carbocycles. The molecule has 0 aromatic rings. The van der Waals surface area contributed by atoms with E-state index in [0.29, 0.717) is 6.42 Å². The molecule has 1 atom stereocenters. The topological polar surface area (TPSA) is 63.6 Å². The van der Waals surface area contributed by atoms with Gasteiger partial charge in [-0.05, 0) is 44.6 Å². The number of carboxylic acid groups (broad SMARTS) is 1. The monoisotopic (exact) mass is 506 g/mol. The molecule has 0 bridgehead atoms. The van der Waals surface area contributed by atoms with E-state index in [9.17, 15) is 9.59 Å². The highest BCUT2D eigenvalue weighted by Gasteiger charge is 2.11. The summed E-state index contributed by atoms with van der Waals surface area (Å²) in [5, 5.41) is 8.75. The molecule has 0 spiro atoms. The summed E-state index contributed by atoms with van der Waals surface area (Å²) in [6, 6.07) is 0. The summed E-state index contributed by atoms with van der Waals surface area (Å²) in [5.74, 6) is -0.811. The standard InChI is InChI=1S/C32H58O4/c1-3-5-7-9-11-12-13-14-15-16-17-19-25-29-32(35)36-30(26-22-18-10-8-6-4-2)27-23-20-21-24-28-31(33)34/h8,10,22,26,30H,3-7,9,11-21,23-25,27-29H2,1-2H3,(H,33,34)/b10-8-,26-22-. The number of rotatable bonds is 27. The number of allylic oxidation sites excluding steroid dienone is 3. The maximum absolute atomic E-state index is 12.4. The molecule has 1 N–H and O–H groups in total. The SMILES string of the molecule is CCC/C=C\C/C=C\C(CCCCCCC(=O)O)OC(=O)CCCCCCCCCCCCCCC. The number of carboxylic acids is 1. The van der Waals surface area contributed by atoms with Crippen LogP contribution in [-0.4, -0.2) is 23.1 Å². The first-order valence-electron chi connectivity index (χ1n) is 15.3. The minimum absolute atomic E-state index is 0.0832. The first kappa shape index (κ1) is 34.4. The Morgan fingerprint density at radius 3 is 1.72 bits per heavy atom. The number of hydrogen-bond acceptors (Lipinski definition) is 3. The largest absolute Gasteiger partial charge is 0.481 e. The van der Waals surface area contributed by atoms with Gasteiger partial charge in [0.15, 0.2) is 0 Å². The normalized spacial score (nSPS) is 12.5. The molecule has 0 aromatic carbocycles. The number of carbonyl (C=O) groups excluding carboxylic acids is 1. The molecule has 4 nitrogen and oxygen atoms in total. The van der Waals surface area contributed by atoms with Crippen molar-refractivity contribution in [3.63, 3.8) is 0 Å². The van der Waals surface area contributed by atoms with E-state index < -0.39 is 5.97 Å². The zero-order valence-electron chi connectivity index (χ0n) is 23.8. The summed E-state index contributed by atoms with van der Waals surface area (Å²) >= 11 is 0. The van der Waals surface area contributed by atoms with E-state index in [1.54, 1.807) is 0 Å². The fraction of sp³-hybridized carbons (Fsp3) is 0.812. The average molecular weight is 507 g/mol. The lowest BCUT2D eigenvalue weighted by Crippen LogP contribution is -2.16. The van der Waals surface area contributed by atoms with E-state index in [1.165, 1.54) is 70.6 Å². The summed E-state index contributed by atoms with van der Waals surface area (Å²) in [5.41, 5.74) is 0. The highest BCUT2D eigenvalue weighted by atomic mass is 16.5. The lowest BCUT2D eigenvalue weighted by Gasteiger charge is -2.14. The van der Waals surface area contributed by atoms with Crippen molar-refractivity contribution in [1.29, 1.82) is 0 Å². The summed E-state index contributed by atoms with van der Waals surface area (Å²) in [6.07, 6.45) is 33.5. The Bertz CT molecular complexity index is 552. The minimum atomic E-state index is -0.728. The molecule has 0 saturated carbocycles. The molecule has 0 fully saturated rings. The van der Waals surface area contributed by atoms with Gasteiger partial charge in [-0.2, -0.15) is 0 Å². The van der Waals surface area contributed by atoms with Crippen molar-refractivity contribution in [2.45, 2.75) is 168 Å². The fourth-order valence-corrected chi connectivity index (χ4v) is 4.37. The molecule has 0 aromatic heterocycles. The highest BCUT2D eigenvalue weighted by Crippen LogP contribution is 2.15. The number of aliphatic carboxylic acids is 1. The van der Waals surface area contributed by atoms with Gasteiger partial charge in [0, 0.05) is 12.8 Å². The minimum Gasteiger partial charge on any atom is -0.481 e. The predicted octanol–water partition coefficient (Wildman–Crippen LogP) is 10.1. The van der Waals surface area contributed by atoms with Crippen LogP contribution in [0, 0.1) is 0 Å². The van der Waals surface area contributed by atoms with Crippen LogP contribution in [0.15, 0.2) is 24.3 Å². The Morgan fingerprint density at radius 1 is 0.639 bits per heavy atom. The summed E-state index contributed by atoms with van der Waals surface area (Å²) in [4.78, 5) is 23.0. The molecule has 36 heavy (non-hydrogen) atoms. The Balaban J connectivity index is 3.99. The highest BCUT2D eigenvalue weighted by molar-refractivity contribution is 5.69. The third kappa shape index (κ3) is 27.0. The Morgan fingerprint density at radius 2 is 1.17 bits per heavy atom. The number of carbonyl (C=O) groups is 2. The Hall–Kier alpha value is -1.58. The lowest BCUT2D eigenvalue weighted by atomic mass is 10.0. The van der Waals surface area contributed by atoms with Crippen LogP contribution >= 0.6 is 0 Å². The Kier molecular flexibility index (Phi) is 26.8. The summed E-state index contributed by atoms with van der Waals surface area (Å²) in [6.45, 7) is 4.44. The van der Waals surface area contributed by atoms with E-state index in [0.717, 1.165) is 64.2 Å². The second-order valence-electron chi connectivity index (χ2n) is 10.3. The van der Waals surface area contributed by atoms with Gasteiger partial charge in [0.2, 0.25) is 0 Å². The summed E-state index contributed by atoms with van der Waals surface area (Å²) in [7, 11) is 0. The molecule has 210 valence electrons. The lowest BCUT2D eigenvalue weighted by molar-refractivity contribution is -0.147. The van der Waals surface area contributed by atoms with Crippen LogP contribution in [0.25, 0.3) is 0 Å². The van der Waals surface area contributed by atoms with Crippen LogP contribution in [-0.2, 0) is 14.3 Å². The fourth-order valence-electron chi connectivity index (χ4n) is 4.37. The first-order valence-corrected chi connectivity index (χ1v) is 15.3. The number of ether oxygens (including phenoxy) is 1. The van der Waals surface area contributed by atoms with Crippen molar-refractivity contribution in [1.82, 2.24) is 0 Å². The van der Waals surface area contributed by atoms with Crippen LogP contribution < -0.4 is 0 Å². The van der Waals surface area contributed by atoms with E-state index >= 15 is 0 Å². The van der Waals surface area contributed by atoms with Crippen molar-refractivity contribution >= 4 is 11.9 Å². The molecular formula is C32H58O4. The first-order chi connectivity index (χ1) is 17.6. The van der Waals surface area contributed by atoms with Gasteiger partial charge in [0.05, 0.1) is 0 Å². The van der Waals surface area contributed by atoms with Crippen molar-refractivity contribution < 1.29 is 19.4 Å². The third-order valence-electron chi connectivity index (χ3n) is 6.64. The molecule has 4 heteroatoms. The molecule has 0 saturated heterocycles. The maximum atomic E-state index is 12.4. The van der Waals surface area contributed by atoms with Crippen molar-refractivity contribution in [3.8, 4) is 0 Å². The van der Waals surface area contributed by atoms with Gasteiger partial charge < -0.3 is 9.84 Å². The second-order valence-corrected chi connectivity index (χ2v) is 10.3. The van der Waals surface area contributed by atoms with E-state index in [1.807, 2.05) is 6.08 Å². The number of esters is 1. The van der Waals surface area contributed by atoms with E-state index in [-0.39, 0.29) is 18.5 Å². The number of hydrogen-bond donors (Lipinski definition) is 1. The predicted molar refractivity (Wildman–Crippen MR) is 153 cm³/mol. The van der Waals surface area contributed by atoms with Crippen LogP contribution in [0.4, 0.5) is 0 Å². The van der Waals surface area contributed by atoms with Gasteiger partial charge in [-0.25, -0.2) is 0 Å². The van der Waals surface area contributed by atoms with Crippen molar-refractivity contribution in [3.05, 3.63) is 24.3 Å². The van der Waals surface area contributed by atoms with Crippen LogP contribution in [0.1, 0.15) is 162 Å². The quantitative estimate of drug-likeness (QED) is 0.0683. The van der Waals surface area contributed by atoms with Gasteiger partial charge in [-0.3, -0.25) is 9.59 Å². The van der Waals surface area contributed by atoms with Gasteiger partial charge in [-0.1, -0.05) is 128 Å². The molecule has 1 unspecified atom stereocenters. The van der Waals surface area contributed by atoms with Gasteiger partial charge >= 0.3 is 11.9 Å². The Labute approximate surface area is 223 Å². The molecule has 0 amide bonds. The van der Waals surface area contributed by atoms with Crippen LogP contribution in [0.5, 0.6) is 0 Å². The van der Waals surface area contributed by atoms with Crippen LogP contribution in [0.3, 0.4) is 0 Å². The molecule has 0 heterocycles. The second kappa shape index (κ2) is 28.0. The molecule has 0 aliphatic rings. The van der Waals surface area contributed by atoms with Gasteiger partial charge in [-0.15, -0.1) is 0 Å². The van der Waals surface area contributed by atoms with Crippen LogP contribution in [0.2, 0.25) is 0 Å². The zero-order chi connectivity index (χ0) is 26.5. The smallest absolute Gasteiger partial charge is 0.306 e. The maximum Gasteiger partial charge on any atom is 0.306 e. The zero-order valence-corrected chi connectivity index (χ0v) is 23.8. The van der Waals surface area contributed by atoms with E-state index in [2.05, 4.69) is 32.1 Å². The van der Waals surface area contributed by atoms with E-state index in [4.69, 9.17) is 9.84 Å². The number of unbranched alkanes of at least 4 members (excludes halogenated alkanes) is 16. The molecule has 0 aliphatic heterocycles. The average Bonchev–Trinajstić information content (AvgIpc) is 2.85. The summed E-state index contributed by atoms with van der Waals surface area (Å²) < 4.78 is 5.79. The molecule has 0 rings (SSSR count). The van der Waals surface area contributed by atoms with Crippen molar-refractivity contribution in [2.75, 3.05) is 0 Å².